The molecule has 0 spiro atoms. The van der Waals surface area contributed by atoms with Gasteiger partial charge in [-0.3, -0.25) is 4.90 Å². The van der Waals surface area contributed by atoms with Gasteiger partial charge in [-0.25, -0.2) is 0 Å². The molecule has 0 heterocycles. The lowest BCUT2D eigenvalue weighted by Crippen LogP contribution is -2.39. The van der Waals surface area contributed by atoms with Gasteiger partial charge in [-0.2, -0.15) is 0 Å². The number of hydrogen-bond donors (Lipinski definition) is 1. The summed E-state index contributed by atoms with van der Waals surface area (Å²) >= 11 is 0. The van der Waals surface area contributed by atoms with Gasteiger partial charge < -0.3 is 14.8 Å². The van der Waals surface area contributed by atoms with Crippen LogP contribution in [0.3, 0.4) is 0 Å². The number of unbranched alkanes of at least 4 members (excludes halogenated alkanes) is 1. The third-order valence-electron chi connectivity index (χ3n) is 3.04. The Bertz CT molecular complexity index is 177. The fourth-order valence-electron chi connectivity index (χ4n) is 1.94. The smallest absolute Gasteiger partial charge is 0.0615 e. The summed E-state index contributed by atoms with van der Waals surface area (Å²) in [4.78, 5) is 2.45. The number of ether oxygens (including phenoxy) is 2. The van der Waals surface area contributed by atoms with Gasteiger partial charge in [0.2, 0.25) is 0 Å². The Labute approximate surface area is 113 Å². The molecule has 0 bridgehead atoms. The van der Waals surface area contributed by atoms with Crippen molar-refractivity contribution in [1.82, 2.24) is 10.2 Å². The Balaban J connectivity index is 3.78. The first-order chi connectivity index (χ1) is 8.61. The van der Waals surface area contributed by atoms with E-state index < -0.39 is 0 Å². The number of nitrogens with zero attached hydrogens (tertiary/aromatic N) is 1. The van der Waals surface area contributed by atoms with E-state index in [9.17, 15) is 0 Å². The molecule has 1 atom stereocenters. The molecule has 18 heavy (non-hydrogen) atoms. The number of nitrogens with one attached hydrogen (secondary N) is 1. The first-order valence-electron chi connectivity index (χ1n) is 7.07. The van der Waals surface area contributed by atoms with E-state index in [1.807, 2.05) is 0 Å². The van der Waals surface area contributed by atoms with Crippen molar-refractivity contribution < 1.29 is 9.47 Å². The van der Waals surface area contributed by atoms with Crippen LogP contribution in [0.1, 0.15) is 33.6 Å². The van der Waals surface area contributed by atoms with Gasteiger partial charge in [0.25, 0.3) is 0 Å². The Morgan fingerprint density at radius 2 is 1.72 bits per heavy atom. The highest BCUT2D eigenvalue weighted by molar-refractivity contribution is 4.67. The van der Waals surface area contributed by atoms with E-state index >= 15 is 0 Å². The number of methoxy groups -OCH3 is 2. The zero-order chi connectivity index (χ0) is 13.8. The molecule has 110 valence electrons. The van der Waals surface area contributed by atoms with Crippen LogP contribution in [0.4, 0.5) is 0 Å². The molecule has 0 saturated heterocycles. The van der Waals surface area contributed by atoms with Crippen molar-refractivity contribution >= 4 is 0 Å². The van der Waals surface area contributed by atoms with E-state index in [2.05, 4.69) is 31.0 Å². The predicted octanol–water partition coefficient (Wildman–Crippen LogP) is 1.75. The first kappa shape index (κ1) is 17.8. The van der Waals surface area contributed by atoms with E-state index in [4.69, 9.17) is 9.47 Å². The van der Waals surface area contributed by atoms with Crippen molar-refractivity contribution in [2.45, 2.75) is 45.7 Å². The Morgan fingerprint density at radius 3 is 2.28 bits per heavy atom. The molecule has 0 aliphatic heterocycles. The Hall–Kier alpha value is -0.160. The molecule has 0 radical (unpaired) electrons. The summed E-state index contributed by atoms with van der Waals surface area (Å²) in [6.45, 7) is 11.4. The zero-order valence-corrected chi connectivity index (χ0v) is 12.9. The highest BCUT2D eigenvalue weighted by Crippen LogP contribution is 2.03. The molecular weight excluding hydrogens is 228 g/mol. The summed E-state index contributed by atoms with van der Waals surface area (Å²) in [7, 11) is 3.52. The van der Waals surface area contributed by atoms with Gasteiger partial charge in [0.15, 0.2) is 0 Å². The maximum atomic E-state index is 5.23. The van der Waals surface area contributed by atoms with Gasteiger partial charge in [0.1, 0.15) is 0 Å². The van der Waals surface area contributed by atoms with E-state index in [0.717, 1.165) is 32.8 Å². The third kappa shape index (κ3) is 9.83. The average molecular weight is 260 g/mol. The summed E-state index contributed by atoms with van der Waals surface area (Å²) in [6.07, 6.45) is 2.44. The maximum Gasteiger partial charge on any atom is 0.0615 e. The minimum Gasteiger partial charge on any atom is -0.383 e. The van der Waals surface area contributed by atoms with Crippen LogP contribution < -0.4 is 5.32 Å². The van der Waals surface area contributed by atoms with Gasteiger partial charge in [0, 0.05) is 32.8 Å². The van der Waals surface area contributed by atoms with Crippen LogP contribution in [0.2, 0.25) is 0 Å². The molecule has 0 amide bonds. The summed E-state index contributed by atoms with van der Waals surface area (Å²) in [5, 5.41) is 3.45. The molecule has 0 rings (SSSR count). The van der Waals surface area contributed by atoms with Crippen LogP contribution >= 0.6 is 0 Å². The topological polar surface area (TPSA) is 33.7 Å². The lowest BCUT2D eigenvalue weighted by Gasteiger charge is -2.28. The number of hydrogen-bond acceptors (Lipinski definition) is 4. The molecular formula is C14H32N2O2. The molecule has 0 fully saturated rings. The van der Waals surface area contributed by atoms with Gasteiger partial charge in [-0.1, -0.05) is 13.8 Å². The molecule has 1 N–H and O–H groups in total. The lowest BCUT2D eigenvalue weighted by molar-refractivity contribution is 0.0740. The van der Waals surface area contributed by atoms with Gasteiger partial charge in [-0.05, 0) is 32.9 Å². The summed E-state index contributed by atoms with van der Waals surface area (Å²) < 4.78 is 10.4. The van der Waals surface area contributed by atoms with Crippen LogP contribution in [-0.4, -0.2) is 64.1 Å². The fraction of sp³-hybridized carbons (Fsp3) is 1.00. The molecule has 4 heteroatoms. The second-order valence-electron chi connectivity index (χ2n) is 5.15. The van der Waals surface area contributed by atoms with Crippen LogP contribution in [0.25, 0.3) is 0 Å². The molecule has 0 aromatic heterocycles. The molecule has 0 saturated carbocycles. The Kier molecular flexibility index (Phi) is 11.8. The molecule has 0 aromatic rings. The van der Waals surface area contributed by atoms with Crippen molar-refractivity contribution in [3.05, 3.63) is 0 Å². The van der Waals surface area contributed by atoms with E-state index in [-0.39, 0.29) is 0 Å². The molecule has 0 aromatic carbocycles. The Morgan fingerprint density at radius 1 is 1.00 bits per heavy atom. The lowest BCUT2D eigenvalue weighted by atomic mass is 10.2. The standard InChI is InChI=1S/C14H32N2O2/c1-13(2)15-8-6-7-9-16(10-11-17-4)14(3)12-18-5/h13-15H,6-12H2,1-5H3. The van der Waals surface area contributed by atoms with Crippen molar-refractivity contribution in [3.63, 3.8) is 0 Å². The molecule has 1 unspecified atom stereocenters. The molecule has 0 aliphatic carbocycles. The van der Waals surface area contributed by atoms with Gasteiger partial charge in [-0.15, -0.1) is 0 Å². The van der Waals surface area contributed by atoms with Crippen LogP contribution in [-0.2, 0) is 9.47 Å². The highest BCUT2D eigenvalue weighted by Gasteiger charge is 2.12. The number of rotatable bonds is 12. The van der Waals surface area contributed by atoms with Gasteiger partial charge in [0.05, 0.1) is 13.2 Å². The predicted molar refractivity (Wildman–Crippen MR) is 77.2 cm³/mol. The molecule has 0 aliphatic rings. The largest absolute Gasteiger partial charge is 0.383 e. The quantitative estimate of drug-likeness (QED) is 0.542. The van der Waals surface area contributed by atoms with Crippen molar-refractivity contribution in [3.8, 4) is 0 Å². The average Bonchev–Trinajstić information content (AvgIpc) is 2.32. The van der Waals surface area contributed by atoms with Crippen LogP contribution in [0.5, 0.6) is 0 Å². The van der Waals surface area contributed by atoms with Crippen LogP contribution in [0, 0.1) is 0 Å². The zero-order valence-electron chi connectivity index (χ0n) is 12.9. The second kappa shape index (κ2) is 11.9. The normalized spacial score (nSPS) is 13.5. The van der Waals surface area contributed by atoms with Crippen molar-refractivity contribution in [2.75, 3.05) is 47.1 Å². The van der Waals surface area contributed by atoms with Crippen molar-refractivity contribution in [2.24, 2.45) is 0 Å². The van der Waals surface area contributed by atoms with Crippen LogP contribution in [0.15, 0.2) is 0 Å². The highest BCUT2D eigenvalue weighted by atomic mass is 16.5. The maximum absolute atomic E-state index is 5.23. The van der Waals surface area contributed by atoms with Gasteiger partial charge >= 0.3 is 0 Å². The SMILES string of the molecule is COCCN(CCCCNC(C)C)C(C)COC. The summed E-state index contributed by atoms with van der Waals surface area (Å²) in [5.74, 6) is 0. The van der Waals surface area contributed by atoms with E-state index in [0.29, 0.717) is 12.1 Å². The fourth-order valence-corrected chi connectivity index (χ4v) is 1.94. The third-order valence-corrected chi connectivity index (χ3v) is 3.04. The minimum atomic E-state index is 0.461. The summed E-state index contributed by atoms with van der Waals surface area (Å²) in [5.41, 5.74) is 0. The second-order valence-corrected chi connectivity index (χ2v) is 5.15. The first-order valence-corrected chi connectivity index (χ1v) is 7.07. The monoisotopic (exact) mass is 260 g/mol. The summed E-state index contributed by atoms with van der Waals surface area (Å²) in [6, 6.07) is 1.05. The minimum absolute atomic E-state index is 0.461. The van der Waals surface area contributed by atoms with E-state index in [1.54, 1.807) is 14.2 Å². The van der Waals surface area contributed by atoms with E-state index in [1.165, 1.54) is 12.8 Å². The molecule has 4 nitrogen and oxygen atoms in total. The van der Waals surface area contributed by atoms with Crippen molar-refractivity contribution in [1.29, 1.82) is 0 Å².